The fraction of sp³-hybridized carbons (Fsp3) is 0.667. The van der Waals surface area contributed by atoms with E-state index < -0.39 is 0 Å². The van der Waals surface area contributed by atoms with Crippen LogP contribution in [0.3, 0.4) is 0 Å². The minimum atomic E-state index is 0.710. The van der Waals surface area contributed by atoms with Crippen molar-refractivity contribution in [3.63, 3.8) is 0 Å². The van der Waals surface area contributed by atoms with E-state index >= 15 is 0 Å². The van der Waals surface area contributed by atoms with Crippen molar-refractivity contribution < 1.29 is 4.74 Å². The Balaban J connectivity index is 1.71. The molecule has 0 saturated heterocycles. The second kappa shape index (κ2) is 9.10. The summed E-state index contributed by atoms with van der Waals surface area (Å²) >= 11 is 0. The molecule has 0 aromatic heterocycles. The zero-order valence-electron chi connectivity index (χ0n) is 15.2. The molecule has 3 nitrogen and oxygen atoms in total. The first-order chi connectivity index (χ1) is 11.9. The van der Waals surface area contributed by atoms with Crippen LogP contribution >= 0.6 is 0 Å². The van der Waals surface area contributed by atoms with Gasteiger partial charge in [-0.1, -0.05) is 31.7 Å². The molecule has 1 saturated carbocycles. The molecule has 1 aromatic rings. The number of hydrogen-bond donors (Lipinski definition) is 1. The van der Waals surface area contributed by atoms with Gasteiger partial charge in [-0.05, 0) is 61.8 Å². The molecule has 3 heteroatoms. The zero-order valence-corrected chi connectivity index (χ0v) is 15.2. The molecule has 1 heterocycles. The second-order valence-corrected chi connectivity index (χ2v) is 7.12. The zero-order chi connectivity index (χ0) is 16.6. The summed E-state index contributed by atoms with van der Waals surface area (Å²) in [6, 6.07) is 6.67. The summed E-state index contributed by atoms with van der Waals surface area (Å²) in [4.78, 5) is 4.75. The van der Waals surface area contributed by atoms with Crippen LogP contribution in [0.4, 0.5) is 0 Å². The van der Waals surface area contributed by atoms with Crippen LogP contribution in [-0.4, -0.2) is 19.0 Å². The van der Waals surface area contributed by atoms with E-state index in [2.05, 4.69) is 30.4 Å². The van der Waals surface area contributed by atoms with Gasteiger partial charge in [-0.3, -0.25) is 4.99 Å². The van der Waals surface area contributed by atoms with Crippen molar-refractivity contribution in [3.8, 4) is 5.75 Å². The fourth-order valence-electron chi connectivity index (χ4n) is 4.00. The maximum absolute atomic E-state index is 5.74. The monoisotopic (exact) mass is 328 g/mol. The quantitative estimate of drug-likeness (QED) is 0.806. The number of nitrogens with zero attached hydrogens (tertiary/aromatic N) is 1. The topological polar surface area (TPSA) is 33.6 Å². The largest absolute Gasteiger partial charge is 0.494 e. The smallest absolute Gasteiger partial charge is 0.119 e. The van der Waals surface area contributed by atoms with Gasteiger partial charge < -0.3 is 10.1 Å². The van der Waals surface area contributed by atoms with Crippen LogP contribution in [0.2, 0.25) is 0 Å². The molecule has 0 bridgehead atoms. The Morgan fingerprint density at radius 2 is 1.92 bits per heavy atom. The number of nitrogens with one attached hydrogen (secondary N) is 1. The number of ether oxygens (including phenoxy) is 1. The van der Waals surface area contributed by atoms with Gasteiger partial charge in [-0.15, -0.1) is 0 Å². The molecule has 0 unspecified atom stereocenters. The molecular weight excluding hydrogens is 296 g/mol. The summed E-state index contributed by atoms with van der Waals surface area (Å²) in [5, 5.41) is 3.63. The Hall–Kier alpha value is -1.51. The van der Waals surface area contributed by atoms with Gasteiger partial charge in [0.05, 0.1) is 12.4 Å². The highest BCUT2D eigenvalue weighted by Gasteiger charge is 2.20. The molecule has 1 aliphatic carbocycles. The Morgan fingerprint density at radius 1 is 1.08 bits per heavy atom. The van der Waals surface area contributed by atoms with Gasteiger partial charge in [-0.25, -0.2) is 0 Å². The third kappa shape index (κ3) is 4.75. The minimum Gasteiger partial charge on any atom is -0.494 e. The Kier molecular flexibility index (Phi) is 6.57. The predicted molar refractivity (Wildman–Crippen MR) is 101 cm³/mol. The lowest BCUT2D eigenvalue weighted by molar-refractivity contribution is 0.339. The SMILES string of the molecule is CCOc1ccc(CNC2=NCCCCCC2)c(C2CCCC2)c1. The second-order valence-electron chi connectivity index (χ2n) is 7.12. The number of aliphatic imine (C=N–C) groups is 1. The maximum Gasteiger partial charge on any atom is 0.119 e. The summed E-state index contributed by atoms with van der Waals surface area (Å²) in [6.07, 6.45) is 11.7. The summed E-state index contributed by atoms with van der Waals surface area (Å²) in [6.45, 7) is 4.67. The van der Waals surface area contributed by atoms with Gasteiger partial charge in [0.15, 0.2) is 0 Å². The highest BCUT2D eigenvalue weighted by molar-refractivity contribution is 5.82. The van der Waals surface area contributed by atoms with E-state index in [0.29, 0.717) is 5.92 Å². The first-order valence-corrected chi connectivity index (χ1v) is 9.89. The van der Waals surface area contributed by atoms with Crippen molar-refractivity contribution in [2.75, 3.05) is 13.2 Å². The standard InChI is InChI=1S/C21H32N2O/c1-2-24-19-13-12-18(20(15-19)17-9-6-7-10-17)16-23-21-11-5-3-4-8-14-22-21/h12-13,15,17H,2-11,14,16H2,1H3,(H,22,23). The highest BCUT2D eigenvalue weighted by Crippen LogP contribution is 2.37. The van der Waals surface area contributed by atoms with Crippen molar-refractivity contribution in [2.24, 2.45) is 4.99 Å². The summed E-state index contributed by atoms with van der Waals surface area (Å²) in [5.41, 5.74) is 2.92. The molecule has 0 spiro atoms. The lowest BCUT2D eigenvalue weighted by atomic mass is 9.92. The summed E-state index contributed by atoms with van der Waals surface area (Å²) < 4.78 is 5.74. The summed E-state index contributed by atoms with van der Waals surface area (Å²) in [5.74, 6) is 2.94. The van der Waals surface area contributed by atoms with Crippen LogP contribution in [0.25, 0.3) is 0 Å². The van der Waals surface area contributed by atoms with Crippen molar-refractivity contribution in [2.45, 2.75) is 77.2 Å². The molecule has 2 aliphatic rings. The Morgan fingerprint density at radius 3 is 2.75 bits per heavy atom. The average molecular weight is 329 g/mol. The third-order valence-corrected chi connectivity index (χ3v) is 5.33. The Bertz CT molecular complexity index is 547. The molecule has 1 aromatic carbocycles. The molecular formula is C21H32N2O. The van der Waals surface area contributed by atoms with E-state index in [4.69, 9.17) is 9.73 Å². The fourth-order valence-corrected chi connectivity index (χ4v) is 4.00. The van der Waals surface area contributed by atoms with Gasteiger partial charge in [0, 0.05) is 19.5 Å². The Labute approximate surface area is 146 Å². The van der Waals surface area contributed by atoms with Gasteiger partial charge in [0.1, 0.15) is 5.75 Å². The lowest BCUT2D eigenvalue weighted by Crippen LogP contribution is -2.24. The number of benzene rings is 1. The van der Waals surface area contributed by atoms with Crippen molar-refractivity contribution in [1.29, 1.82) is 0 Å². The highest BCUT2D eigenvalue weighted by atomic mass is 16.5. The van der Waals surface area contributed by atoms with E-state index in [1.165, 1.54) is 68.3 Å². The van der Waals surface area contributed by atoms with E-state index in [0.717, 1.165) is 31.9 Å². The molecule has 3 rings (SSSR count). The van der Waals surface area contributed by atoms with Gasteiger partial charge in [0.2, 0.25) is 0 Å². The van der Waals surface area contributed by atoms with Crippen molar-refractivity contribution in [1.82, 2.24) is 5.32 Å². The first kappa shape index (κ1) is 17.3. The van der Waals surface area contributed by atoms with Crippen LogP contribution < -0.4 is 10.1 Å². The summed E-state index contributed by atoms with van der Waals surface area (Å²) in [7, 11) is 0. The van der Waals surface area contributed by atoms with Gasteiger partial charge in [0.25, 0.3) is 0 Å². The molecule has 1 fully saturated rings. The van der Waals surface area contributed by atoms with E-state index in [-0.39, 0.29) is 0 Å². The van der Waals surface area contributed by atoms with Crippen LogP contribution in [0.1, 0.15) is 81.8 Å². The maximum atomic E-state index is 5.74. The average Bonchev–Trinajstić information content (AvgIpc) is 3.09. The third-order valence-electron chi connectivity index (χ3n) is 5.33. The molecule has 0 amide bonds. The van der Waals surface area contributed by atoms with E-state index in [9.17, 15) is 0 Å². The van der Waals surface area contributed by atoms with Crippen LogP contribution in [0, 0.1) is 0 Å². The first-order valence-electron chi connectivity index (χ1n) is 9.89. The lowest BCUT2D eigenvalue weighted by Gasteiger charge is -2.19. The number of rotatable bonds is 5. The van der Waals surface area contributed by atoms with Gasteiger partial charge in [-0.2, -0.15) is 0 Å². The molecule has 1 aliphatic heterocycles. The van der Waals surface area contributed by atoms with Gasteiger partial charge >= 0.3 is 0 Å². The minimum absolute atomic E-state index is 0.710. The predicted octanol–water partition coefficient (Wildman–Crippen LogP) is 5.20. The molecule has 132 valence electrons. The molecule has 1 N–H and O–H groups in total. The molecule has 0 atom stereocenters. The normalized spacial score (nSPS) is 19.5. The van der Waals surface area contributed by atoms with E-state index in [1.54, 1.807) is 0 Å². The molecule has 0 radical (unpaired) electrons. The van der Waals surface area contributed by atoms with Crippen LogP contribution in [-0.2, 0) is 6.54 Å². The number of amidine groups is 1. The molecule has 24 heavy (non-hydrogen) atoms. The van der Waals surface area contributed by atoms with E-state index in [1.807, 2.05) is 0 Å². The number of hydrogen-bond acceptors (Lipinski definition) is 3. The van der Waals surface area contributed by atoms with Crippen LogP contribution in [0.15, 0.2) is 23.2 Å². The van der Waals surface area contributed by atoms with Crippen molar-refractivity contribution in [3.05, 3.63) is 29.3 Å². The van der Waals surface area contributed by atoms with Crippen LogP contribution in [0.5, 0.6) is 5.75 Å². The van der Waals surface area contributed by atoms with Crippen molar-refractivity contribution >= 4 is 5.84 Å².